The first-order valence-corrected chi connectivity index (χ1v) is 10.4. The third-order valence-electron chi connectivity index (χ3n) is 5.75. The van der Waals surface area contributed by atoms with Crippen LogP contribution in [0.15, 0.2) is 65.1 Å². The van der Waals surface area contributed by atoms with Crippen LogP contribution < -0.4 is 0 Å². The minimum absolute atomic E-state index is 0.160. The molecular weight excluding hydrogens is 362 g/mol. The van der Waals surface area contributed by atoms with Crippen LogP contribution in [0.3, 0.4) is 0 Å². The summed E-state index contributed by atoms with van der Waals surface area (Å²) in [5, 5.41) is 8.15. The second kappa shape index (κ2) is 9.03. The molecule has 5 heteroatoms. The van der Waals surface area contributed by atoms with Gasteiger partial charge in [0.1, 0.15) is 0 Å². The van der Waals surface area contributed by atoms with E-state index in [1.807, 2.05) is 35.2 Å². The highest BCUT2D eigenvalue weighted by molar-refractivity contribution is 5.77. The standard InChI is InChI=1S/C24H27N3O2/c1-18-25-26-24(29-18)22(21-10-6-3-7-11-21)17-23(28)27-14-12-20(13-15-27)16-19-8-4-2-5-9-19/h2-11,20,22H,12-17H2,1H3. The molecule has 1 unspecified atom stereocenters. The van der Waals surface area contributed by atoms with Crippen molar-refractivity contribution in [3.05, 3.63) is 83.6 Å². The molecule has 2 aromatic carbocycles. The van der Waals surface area contributed by atoms with Gasteiger partial charge in [-0.2, -0.15) is 0 Å². The normalized spacial score (nSPS) is 16.0. The molecule has 2 heterocycles. The van der Waals surface area contributed by atoms with Crippen molar-refractivity contribution in [1.29, 1.82) is 0 Å². The van der Waals surface area contributed by atoms with Crippen LogP contribution >= 0.6 is 0 Å². The summed E-state index contributed by atoms with van der Waals surface area (Å²) in [4.78, 5) is 15.1. The van der Waals surface area contributed by atoms with E-state index in [0.717, 1.165) is 37.9 Å². The van der Waals surface area contributed by atoms with Crippen LogP contribution in [0.5, 0.6) is 0 Å². The Labute approximate surface area is 171 Å². The maximum atomic E-state index is 13.1. The van der Waals surface area contributed by atoms with Crippen LogP contribution in [0.2, 0.25) is 0 Å². The Balaban J connectivity index is 1.38. The van der Waals surface area contributed by atoms with E-state index in [2.05, 4.69) is 40.5 Å². The van der Waals surface area contributed by atoms with Crippen LogP contribution in [-0.2, 0) is 11.2 Å². The highest BCUT2D eigenvalue weighted by Crippen LogP contribution is 2.29. The first-order chi connectivity index (χ1) is 14.2. The predicted molar refractivity (Wildman–Crippen MR) is 111 cm³/mol. The largest absolute Gasteiger partial charge is 0.425 e. The summed E-state index contributed by atoms with van der Waals surface area (Å²) in [6.45, 7) is 3.42. The molecule has 4 rings (SSSR count). The highest BCUT2D eigenvalue weighted by atomic mass is 16.4. The summed E-state index contributed by atoms with van der Waals surface area (Å²) in [5.74, 6) is 1.64. The molecular formula is C24H27N3O2. The van der Waals surface area contributed by atoms with E-state index in [1.54, 1.807) is 6.92 Å². The molecule has 1 amide bonds. The molecule has 5 nitrogen and oxygen atoms in total. The van der Waals surface area contributed by atoms with Gasteiger partial charge in [0.25, 0.3) is 0 Å². The number of piperidine rings is 1. The number of carbonyl (C=O) groups is 1. The van der Waals surface area contributed by atoms with Crippen LogP contribution in [0, 0.1) is 12.8 Å². The molecule has 1 fully saturated rings. The van der Waals surface area contributed by atoms with Gasteiger partial charge in [0.05, 0.1) is 5.92 Å². The summed E-state index contributed by atoms with van der Waals surface area (Å²) in [6.07, 6.45) is 3.55. The van der Waals surface area contributed by atoms with Crippen molar-refractivity contribution < 1.29 is 9.21 Å². The Kier molecular flexibility index (Phi) is 6.03. The van der Waals surface area contributed by atoms with Gasteiger partial charge < -0.3 is 9.32 Å². The Morgan fingerprint density at radius 1 is 1.03 bits per heavy atom. The molecule has 29 heavy (non-hydrogen) atoms. The summed E-state index contributed by atoms with van der Waals surface area (Å²) >= 11 is 0. The zero-order chi connectivity index (χ0) is 20.1. The number of aromatic nitrogens is 2. The summed E-state index contributed by atoms with van der Waals surface area (Å²) in [5.41, 5.74) is 2.41. The lowest BCUT2D eigenvalue weighted by atomic mass is 9.89. The monoisotopic (exact) mass is 389 g/mol. The lowest BCUT2D eigenvalue weighted by Crippen LogP contribution is -2.39. The molecule has 0 saturated carbocycles. The van der Waals surface area contributed by atoms with E-state index >= 15 is 0 Å². The number of hydrogen-bond donors (Lipinski definition) is 0. The van der Waals surface area contributed by atoms with Crippen molar-refractivity contribution in [2.24, 2.45) is 5.92 Å². The van der Waals surface area contributed by atoms with Gasteiger partial charge in [0, 0.05) is 26.4 Å². The van der Waals surface area contributed by atoms with Gasteiger partial charge in [-0.3, -0.25) is 4.79 Å². The van der Waals surface area contributed by atoms with E-state index < -0.39 is 0 Å². The SMILES string of the molecule is Cc1nnc(C(CC(=O)N2CCC(Cc3ccccc3)CC2)c2ccccc2)o1. The average Bonchev–Trinajstić information content (AvgIpc) is 3.19. The van der Waals surface area contributed by atoms with Crippen LogP contribution in [-0.4, -0.2) is 34.1 Å². The maximum Gasteiger partial charge on any atom is 0.224 e. The van der Waals surface area contributed by atoms with Crippen LogP contribution in [0.25, 0.3) is 0 Å². The van der Waals surface area contributed by atoms with Crippen molar-refractivity contribution in [2.45, 2.75) is 38.5 Å². The number of benzene rings is 2. The molecule has 3 aromatic rings. The van der Waals surface area contributed by atoms with Crippen molar-refractivity contribution in [3.8, 4) is 0 Å². The minimum atomic E-state index is -0.202. The molecule has 150 valence electrons. The fraction of sp³-hybridized carbons (Fsp3) is 0.375. The fourth-order valence-electron chi connectivity index (χ4n) is 4.12. The van der Waals surface area contributed by atoms with E-state index in [4.69, 9.17) is 4.42 Å². The first kappa shape index (κ1) is 19.4. The Bertz CT molecular complexity index is 916. The van der Waals surface area contributed by atoms with Crippen molar-refractivity contribution in [1.82, 2.24) is 15.1 Å². The molecule has 1 aliphatic rings. The number of likely N-dealkylation sites (tertiary alicyclic amines) is 1. The Morgan fingerprint density at radius 2 is 1.69 bits per heavy atom. The third-order valence-corrected chi connectivity index (χ3v) is 5.75. The average molecular weight is 389 g/mol. The molecule has 0 radical (unpaired) electrons. The summed E-state index contributed by atoms with van der Waals surface area (Å²) in [6, 6.07) is 20.6. The summed E-state index contributed by atoms with van der Waals surface area (Å²) in [7, 11) is 0. The number of amides is 1. The minimum Gasteiger partial charge on any atom is -0.425 e. The second-order valence-electron chi connectivity index (χ2n) is 7.84. The van der Waals surface area contributed by atoms with E-state index in [9.17, 15) is 4.79 Å². The van der Waals surface area contributed by atoms with Gasteiger partial charge in [-0.1, -0.05) is 60.7 Å². The first-order valence-electron chi connectivity index (χ1n) is 10.4. The lowest BCUT2D eigenvalue weighted by molar-refractivity contribution is -0.132. The van der Waals surface area contributed by atoms with Gasteiger partial charge in [-0.25, -0.2) is 0 Å². The molecule has 1 atom stereocenters. The fourth-order valence-corrected chi connectivity index (χ4v) is 4.12. The lowest BCUT2D eigenvalue weighted by Gasteiger charge is -2.33. The summed E-state index contributed by atoms with van der Waals surface area (Å²) < 4.78 is 5.68. The number of carbonyl (C=O) groups excluding carboxylic acids is 1. The Morgan fingerprint density at radius 3 is 2.31 bits per heavy atom. The van der Waals surface area contributed by atoms with Gasteiger partial charge in [0.15, 0.2) is 0 Å². The van der Waals surface area contributed by atoms with Gasteiger partial charge in [0.2, 0.25) is 17.7 Å². The molecule has 0 N–H and O–H groups in total. The molecule has 0 bridgehead atoms. The smallest absolute Gasteiger partial charge is 0.224 e. The van der Waals surface area contributed by atoms with Gasteiger partial charge in [-0.15, -0.1) is 10.2 Å². The van der Waals surface area contributed by atoms with Gasteiger partial charge in [-0.05, 0) is 36.3 Å². The molecule has 0 aliphatic carbocycles. The van der Waals surface area contributed by atoms with Crippen molar-refractivity contribution in [3.63, 3.8) is 0 Å². The zero-order valence-corrected chi connectivity index (χ0v) is 16.8. The van der Waals surface area contributed by atoms with Gasteiger partial charge >= 0.3 is 0 Å². The maximum absolute atomic E-state index is 13.1. The van der Waals surface area contributed by atoms with Crippen LogP contribution in [0.1, 0.15) is 48.1 Å². The molecule has 1 aromatic heterocycles. The van der Waals surface area contributed by atoms with Crippen molar-refractivity contribution >= 4 is 5.91 Å². The zero-order valence-electron chi connectivity index (χ0n) is 16.8. The van der Waals surface area contributed by atoms with E-state index in [0.29, 0.717) is 24.1 Å². The Hall–Kier alpha value is -2.95. The van der Waals surface area contributed by atoms with Crippen molar-refractivity contribution in [2.75, 3.05) is 13.1 Å². The van der Waals surface area contributed by atoms with E-state index in [1.165, 1.54) is 5.56 Å². The third kappa shape index (κ3) is 4.91. The van der Waals surface area contributed by atoms with Crippen LogP contribution in [0.4, 0.5) is 0 Å². The molecule has 0 spiro atoms. The number of rotatable bonds is 6. The number of hydrogen-bond acceptors (Lipinski definition) is 4. The molecule has 1 saturated heterocycles. The number of aryl methyl sites for hydroxylation is 1. The number of nitrogens with zero attached hydrogens (tertiary/aromatic N) is 3. The van der Waals surface area contributed by atoms with E-state index in [-0.39, 0.29) is 11.8 Å². The molecule has 1 aliphatic heterocycles. The topological polar surface area (TPSA) is 59.2 Å². The highest BCUT2D eigenvalue weighted by Gasteiger charge is 2.28. The predicted octanol–water partition coefficient (Wildman–Crippen LogP) is 4.38. The quantitative estimate of drug-likeness (QED) is 0.628. The second-order valence-corrected chi connectivity index (χ2v) is 7.84.